The monoisotopic (exact) mass is 339 g/mol. The Morgan fingerprint density at radius 3 is 2.21 bits per heavy atom. The largest absolute Gasteiger partial charge is 0.368 e. The SMILES string of the molecule is Cc1ccc(N2CCN(C(=S)NC(=O)c3ccccc3)CC2)cc1. The molecule has 0 spiro atoms. The number of hydrogen-bond donors (Lipinski definition) is 1. The molecule has 0 saturated carbocycles. The molecule has 2 aromatic rings. The number of piperazine rings is 1. The summed E-state index contributed by atoms with van der Waals surface area (Å²) < 4.78 is 0. The first-order valence-corrected chi connectivity index (χ1v) is 8.51. The number of carbonyl (C=O) groups is 1. The Kier molecular flexibility index (Phi) is 5.11. The van der Waals surface area contributed by atoms with Gasteiger partial charge < -0.3 is 9.80 Å². The summed E-state index contributed by atoms with van der Waals surface area (Å²) >= 11 is 5.40. The van der Waals surface area contributed by atoms with Crippen molar-refractivity contribution in [3.8, 4) is 0 Å². The van der Waals surface area contributed by atoms with Crippen LogP contribution >= 0.6 is 12.2 Å². The summed E-state index contributed by atoms with van der Waals surface area (Å²) in [6.45, 7) is 5.49. The van der Waals surface area contributed by atoms with Crippen LogP contribution in [0.25, 0.3) is 0 Å². The van der Waals surface area contributed by atoms with Gasteiger partial charge in [0.15, 0.2) is 5.11 Å². The van der Waals surface area contributed by atoms with Crippen LogP contribution in [0.1, 0.15) is 15.9 Å². The molecule has 0 atom stereocenters. The highest BCUT2D eigenvalue weighted by molar-refractivity contribution is 7.80. The van der Waals surface area contributed by atoms with Crippen molar-refractivity contribution >= 4 is 28.9 Å². The Labute approximate surface area is 148 Å². The maximum atomic E-state index is 12.2. The molecular formula is C19H21N3OS. The zero-order valence-corrected chi connectivity index (χ0v) is 14.6. The zero-order chi connectivity index (χ0) is 16.9. The van der Waals surface area contributed by atoms with Gasteiger partial charge in [-0.05, 0) is 43.4 Å². The Morgan fingerprint density at radius 1 is 0.958 bits per heavy atom. The summed E-state index contributed by atoms with van der Waals surface area (Å²) in [5, 5.41) is 3.33. The predicted octanol–water partition coefficient (Wildman–Crippen LogP) is 2.83. The third-order valence-electron chi connectivity index (χ3n) is 4.22. The molecule has 3 rings (SSSR count). The van der Waals surface area contributed by atoms with E-state index in [0.29, 0.717) is 10.7 Å². The van der Waals surface area contributed by atoms with Crippen molar-refractivity contribution in [3.05, 3.63) is 65.7 Å². The van der Waals surface area contributed by atoms with Gasteiger partial charge in [-0.25, -0.2) is 0 Å². The van der Waals surface area contributed by atoms with Crippen molar-refractivity contribution in [1.29, 1.82) is 0 Å². The van der Waals surface area contributed by atoms with E-state index >= 15 is 0 Å². The van der Waals surface area contributed by atoms with Crippen molar-refractivity contribution < 1.29 is 4.79 Å². The lowest BCUT2D eigenvalue weighted by molar-refractivity contribution is 0.0973. The summed E-state index contributed by atoms with van der Waals surface area (Å²) in [6.07, 6.45) is 0. The van der Waals surface area contributed by atoms with Crippen molar-refractivity contribution in [3.63, 3.8) is 0 Å². The Morgan fingerprint density at radius 2 is 1.58 bits per heavy atom. The predicted molar refractivity (Wildman–Crippen MR) is 101 cm³/mol. The second-order valence-corrected chi connectivity index (χ2v) is 6.32. The molecule has 1 aliphatic heterocycles. The van der Waals surface area contributed by atoms with Crippen LogP contribution in [0, 0.1) is 6.92 Å². The van der Waals surface area contributed by atoms with E-state index in [4.69, 9.17) is 12.2 Å². The molecule has 1 fully saturated rings. The number of thiocarbonyl (C=S) groups is 1. The molecule has 1 aliphatic rings. The minimum Gasteiger partial charge on any atom is -0.368 e. The van der Waals surface area contributed by atoms with Gasteiger partial charge in [-0.15, -0.1) is 0 Å². The first-order chi connectivity index (χ1) is 11.6. The van der Waals surface area contributed by atoms with Crippen LogP contribution in [-0.2, 0) is 0 Å². The lowest BCUT2D eigenvalue weighted by atomic mass is 10.2. The van der Waals surface area contributed by atoms with Crippen LogP contribution in [-0.4, -0.2) is 42.1 Å². The van der Waals surface area contributed by atoms with Gasteiger partial charge in [0.05, 0.1) is 0 Å². The van der Waals surface area contributed by atoms with Gasteiger partial charge in [-0.2, -0.15) is 0 Å². The van der Waals surface area contributed by atoms with Crippen LogP contribution in [0.4, 0.5) is 5.69 Å². The molecule has 1 saturated heterocycles. The van der Waals surface area contributed by atoms with Gasteiger partial charge in [0.25, 0.3) is 5.91 Å². The standard InChI is InChI=1S/C19H21N3OS/c1-15-7-9-17(10-8-15)21-11-13-22(14-12-21)19(24)20-18(23)16-5-3-2-4-6-16/h2-10H,11-14H2,1H3,(H,20,23,24). The van der Waals surface area contributed by atoms with Crippen LogP contribution < -0.4 is 10.2 Å². The lowest BCUT2D eigenvalue weighted by Crippen LogP contribution is -2.52. The van der Waals surface area contributed by atoms with Gasteiger partial charge in [0.1, 0.15) is 0 Å². The summed E-state index contributed by atoms with van der Waals surface area (Å²) in [5.41, 5.74) is 3.12. The summed E-state index contributed by atoms with van der Waals surface area (Å²) in [4.78, 5) is 16.6. The van der Waals surface area contributed by atoms with Crippen molar-refractivity contribution in [2.45, 2.75) is 6.92 Å². The van der Waals surface area contributed by atoms with Gasteiger partial charge in [-0.3, -0.25) is 10.1 Å². The van der Waals surface area contributed by atoms with E-state index in [0.717, 1.165) is 26.2 Å². The number of rotatable bonds is 2. The second kappa shape index (κ2) is 7.45. The van der Waals surface area contributed by atoms with Gasteiger partial charge in [0, 0.05) is 37.4 Å². The average molecular weight is 339 g/mol. The molecule has 1 amide bonds. The third-order valence-corrected chi connectivity index (χ3v) is 4.58. The van der Waals surface area contributed by atoms with Crippen LogP contribution in [0.15, 0.2) is 54.6 Å². The molecular weight excluding hydrogens is 318 g/mol. The van der Waals surface area contributed by atoms with Crippen molar-refractivity contribution in [1.82, 2.24) is 10.2 Å². The third kappa shape index (κ3) is 3.92. The van der Waals surface area contributed by atoms with Crippen molar-refractivity contribution in [2.75, 3.05) is 31.1 Å². The number of nitrogens with zero attached hydrogens (tertiary/aromatic N) is 2. The fourth-order valence-corrected chi connectivity index (χ4v) is 3.04. The quantitative estimate of drug-likeness (QED) is 0.854. The molecule has 24 heavy (non-hydrogen) atoms. The Bertz CT molecular complexity index is 707. The van der Waals surface area contributed by atoms with E-state index in [1.807, 2.05) is 18.2 Å². The van der Waals surface area contributed by atoms with E-state index in [2.05, 4.69) is 46.3 Å². The highest BCUT2D eigenvalue weighted by Crippen LogP contribution is 2.17. The fraction of sp³-hybridized carbons (Fsp3) is 0.263. The minimum absolute atomic E-state index is 0.151. The highest BCUT2D eigenvalue weighted by atomic mass is 32.1. The summed E-state index contributed by atoms with van der Waals surface area (Å²) in [5.74, 6) is -0.151. The lowest BCUT2D eigenvalue weighted by Gasteiger charge is -2.37. The summed E-state index contributed by atoms with van der Waals surface area (Å²) in [7, 11) is 0. The summed E-state index contributed by atoms with van der Waals surface area (Å²) in [6, 6.07) is 17.7. The molecule has 2 aromatic carbocycles. The highest BCUT2D eigenvalue weighted by Gasteiger charge is 2.20. The van der Waals surface area contributed by atoms with Gasteiger partial charge in [-0.1, -0.05) is 35.9 Å². The molecule has 124 valence electrons. The molecule has 4 nitrogen and oxygen atoms in total. The first kappa shape index (κ1) is 16.5. The zero-order valence-electron chi connectivity index (χ0n) is 13.7. The molecule has 0 aromatic heterocycles. The fourth-order valence-electron chi connectivity index (χ4n) is 2.76. The van der Waals surface area contributed by atoms with E-state index < -0.39 is 0 Å². The minimum atomic E-state index is -0.151. The number of nitrogens with one attached hydrogen (secondary N) is 1. The Hall–Kier alpha value is -2.40. The van der Waals surface area contributed by atoms with E-state index in [1.54, 1.807) is 12.1 Å². The normalized spacial score (nSPS) is 14.4. The van der Waals surface area contributed by atoms with Crippen LogP contribution in [0.5, 0.6) is 0 Å². The van der Waals surface area contributed by atoms with E-state index in [9.17, 15) is 4.79 Å². The number of aryl methyl sites for hydroxylation is 1. The van der Waals surface area contributed by atoms with Crippen LogP contribution in [0.3, 0.4) is 0 Å². The average Bonchev–Trinajstić information content (AvgIpc) is 2.63. The smallest absolute Gasteiger partial charge is 0.257 e. The number of carbonyl (C=O) groups excluding carboxylic acids is 1. The molecule has 1 N–H and O–H groups in total. The molecule has 0 radical (unpaired) electrons. The molecule has 0 unspecified atom stereocenters. The van der Waals surface area contributed by atoms with Crippen molar-refractivity contribution in [2.24, 2.45) is 0 Å². The number of benzene rings is 2. The second-order valence-electron chi connectivity index (χ2n) is 5.93. The van der Waals surface area contributed by atoms with E-state index in [1.165, 1.54) is 11.3 Å². The maximum Gasteiger partial charge on any atom is 0.257 e. The Balaban J connectivity index is 1.53. The topological polar surface area (TPSA) is 35.6 Å². The van der Waals surface area contributed by atoms with Gasteiger partial charge >= 0.3 is 0 Å². The molecule has 0 bridgehead atoms. The molecule has 1 heterocycles. The molecule has 5 heteroatoms. The first-order valence-electron chi connectivity index (χ1n) is 8.10. The van der Waals surface area contributed by atoms with Crippen LogP contribution in [0.2, 0.25) is 0 Å². The number of amides is 1. The maximum absolute atomic E-state index is 12.2. The van der Waals surface area contributed by atoms with E-state index in [-0.39, 0.29) is 5.91 Å². The number of hydrogen-bond acceptors (Lipinski definition) is 3. The number of anilines is 1. The molecule has 0 aliphatic carbocycles. The van der Waals surface area contributed by atoms with Gasteiger partial charge in [0.2, 0.25) is 0 Å².